The van der Waals surface area contributed by atoms with E-state index in [2.05, 4.69) is 10.3 Å². The minimum Gasteiger partial charge on any atom is -0.322 e. The van der Waals surface area contributed by atoms with Gasteiger partial charge in [-0.05, 0) is 49.2 Å². The number of hydrogen-bond donors (Lipinski definition) is 1. The van der Waals surface area contributed by atoms with Crippen LogP contribution in [0.2, 0.25) is 0 Å². The lowest BCUT2D eigenvalue weighted by Crippen LogP contribution is -2.28. The van der Waals surface area contributed by atoms with Crippen LogP contribution in [-0.2, 0) is 16.6 Å². The lowest BCUT2D eigenvalue weighted by Gasteiger charge is -2.28. The second-order valence-electron chi connectivity index (χ2n) is 6.26. The van der Waals surface area contributed by atoms with Gasteiger partial charge >= 0.3 is 6.18 Å². The number of nitrogens with one attached hydrogen (secondary N) is 1. The highest BCUT2D eigenvalue weighted by atomic mass is 19.4. The fourth-order valence-electron chi connectivity index (χ4n) is 2.91. The molecule has 0 bridgehead atoms. The quantitative estimate of drug-likeness (QED) is 0.746. The van der Waals surface area contributed by atoms with Crippen molar-refractivity contribution in [2.24, 2.45) is 0 Å². The number of nitrogens with zero attached hydrogens (tertiary/aromatic N) is 1. The van der Waals surface area contributed by atoms with E-state index < -0.39 is 29.1 Å². The van der Waals surface area contributed by atoms with Crippen LogP contribution < -0.4 is 5.32 Å². The SMILES string of the molecule is O=C(Nc1ccc(C(F)(F)F)cc1)C1=CCC(F)(c2ncccc2F)CC1. The Labute approximate surface area is 151 Å². The molecule has 142 valence electrons. The van der Waals surface area contributed by atoms with Crippen molar-refractivity contribution in [2.75, 3.05) is 5.32 Å². The van der Waals surface area contributed by atoms with Gasteiger partial charge < -0.3 is 5.32 Å². The van der Waals surface area contributed by atoms with Crippen LogP contribution in [0, 0.1) is 5.82 Å². The molecule has 0 fully saturated rings. The number of carbonyl (C=O) groups is 1. The van der Waals surface area contributed by atoms with E-state index in [4.69, 9.17) is 0 Å². The smallest absolute Gasteiger partial charge is 0.322 e. The van der Waals surface area contributed by atoms with E-state index in [-0.39, 0.29) is 30.6 Å². The Balaban J connectivity index is 1.69. The molecule has 1 amide bonds. The summed E-state index contributed by atoms with van der Waals surface area (Å²) in [6, 6.07) is 6.51. The van der Waals surface area contributed by atoms with E-state index in [0.29, 0.717) is 5.57 Å². The third-order valence-corrected chi connectivity index (χ3v) is 4.41. The second kappa shape index (κ2) is 7.09. The normalized spacial score (nSPS) is 20.1. The second-order valence-corrected chi connectivity index (χ2v) is 6.26. The highest BCUT2D eigenvalue weighted by molar-refractivity contribution is 6.03. The number of rotatable bonds is 3. The van der Waals surface area contributed by atoms with Gasteiger partial charge in [0.2, 0.25) is 0 Å². The van der Waals surface area contributed by atoms with E-state index in [0.717, 1.165) is 30.3 Å². The first-order chi connectivity index (χ1) is 12.7. The van der Waals surface area contributed by atoms with Crippen molar-refractivity contribution in [3.8, 4) is 0 Å². The van der Waals surface area contributed by atoms with Crippen molar-refractivity contribution in [3.63, 3.8) is 0 Å². The lowest BCUT2D eigenvalue weighted by molar-refractivity contribution is -0.137. The summed E-state index contributed by atoms with van der Waals surface area (Å²) in [6.07, 6.45) is -2.06. The van der Waals surface area contributed by atoms with E-state index >= 15 is 4.39 Å². The van der Waals surface area contributed by atoms with Crippen LogP contribution in [0.3, 0.4) is 0 Å². The average Bonchev–Trinajstić information content (AvgIpc) is 2.62. The predicted octanol–water partition coefficient (Wildman–Crippen LogP) is 5.15. The molecule has 8 heteroatoms. The molecule has 3 nitrogen and oxygen atoms in total. The minimum absolute atomic E-state index is 0.0545. The number of benzene rings is 1. The fraction of sp³-hybridized carbons (Fsp3) is 0.263. The molecule has 0 spiro atoms. The third-order valence-electron chi connectivity index (χ3n) is 4.41. The van der Waals surface area contributed by atoms with E-state index in [9.17, 15) is 22.4 Å². The van der Waals surface area contributed by atoms with Crippen molar-refractivity contribution >= 4 is 11.6 Å². The number of halogens is 5. The Bertz CT molecular complexity index is 876. The number of hydrogen-bond acceptors (Lipinski definition) is 2. The van der Waals surface area contributed by atoms with Crippen LogP contribution in [0.25, 0.3) is 0 Å². The molecule has 1 N–H and O–H groups in total. The van der Waals surface area contributed by atoms with Crippen LogP contribution in [0.5, 0.6) is 0 Å². The summed E-state index contributed by atoms with van der Waals surface area (Å²) in [5.41, 5.74) is -2.62. The third kappa shape index (κ3) is 4.15. The zero-order chi connectivity index (χ0) is 19.7. The minimum atomic E-state index is -4.46. The van der Waals surface area contributed by atoms with Gasteiger partial charge in [0.15, 0.2) is 5.67 Å². The van der Waals surface area contributed by atoms with Crippen molar-refractivity contribution < 1.29 is 26.7 Å². The van der Waals surface area contributed by atoms with Gasteiger partial charge in [-0.1, -0.05) is 6.08 Å². The zero-order valence-electron chi connectivity index (χ0n) is 14.0. The topological polar surface area (TPSA) is 42.0 Å². The van der Waals surface area contributed by atoms with Gasteiger partial charge in [-0.3, -0.25) is 9.78 Å². The number of carbonyl (C=O) groups excluding carboxylic acids is 1. The Morgan fingerprint density at radius 3 is 2.41 bits per heavy atom. The Kier molecular flexibility index (Phi) is 4.99. The summed E-state index contributed by atoms with van der Waals surface area (Å²) in [4.78, 5) is 16.0. The molecular formula is C19H15F5N2O. The molecule has 1 aliphatic rings. The number of allylic oxidation sites excluding steroid dienone is 1. The number of amides is 1. The van der Waals surface area contributed by atoms with Crippen LogP contribution in [0.15, 0.2) is 54.2 Å². The first kappa shape index (κ1) is 19.0. The van der Waals surface area contributed by atoms with Crippen LogP contribution >= 0.6 is 0 Å². The molecule has 1 unspecified atom stereocenters. The van der Waals surface area contributed by atoms with Crippen LogP contribution in [0.4, 0.5) is 27.6 Å². The predicted molar refractivity (Wildman–Crippen MR) is 89.0 cm³/mol. The molecule has 1 aromatic heterocycles. The Morgan fingerprint density at radius 1 is 1.15 bits per heavy atom. The van der Waals surface area contributed by atoms with Gasteiger partial charge in [-0.25, -0.2) is 8.78 Å². The monoisotopic (exact) mass is 382 g/mol. The lowest BCUT2D eigenvalue weighted by atomic mass is 9.84. The molecule has 0 saturated carbocycles. The molecule has 1 aromatic carbocycles. The first-order valence-corrected chi connectivity index (χ1v) is 8.17. The highest BCUT2D eigenvalue weighted by Crippen LogP contribution is 2.40. The maximum Gasteiger partial charge on any atom is 0.416 e. The Morgan fingerprint density at radius 2 is 1.85 bits per heavy atom. The molecule has 3 rings (SSSR count). The van der Waals surface area contributed by atoms with Gasteiger partial charge in [0.1, 0.15) is 11.5 Å². The molecule has 1 atom stereocenters. The first-order valence-electron chi connectivity index (χ1n) is 8.17. The Hall–Kier alpha value is -2.77. The van der Waals surface area contributed by atoms with Crippen molar-refractivity contribution in [1.29, 1.82) is 0 Å². The van der Waals surface area contributed by atoms with E-state index in [1.165, 1.54) is 18.3 Å². The van der Waals surface area contributed by atoms with Crippen molar-refractivity contribution in [3.05, 3.63) is 71.3 Å². The summed E-state index contributed by atoms with van der Waals surface area (Å²) < 4.78 is 66.4. The summed E-state index contributed by atoms with van der Waals surface area (Å²) in [5.74, 6) is -1.27. The number of anilines is 1. The maximum absolute atomic E-state index is 15.0. The molecule has 27 heavy (non-hydrogen) atoms. The van der Waals surface area contributed by atoms with Crippen molar-refractivity contribution in [2.45, 2.75) is 31.1 Å². The largest absolute Gasteiger partial charge is 0.416 e. The molecule has 2 aromatic rings. The molecule has 0 radical (unpaired) electrons. The van der Waals surface area contributed by atoms with Crippen LogP contribution in [0.1, 0.15) is 30.5 Å². The number of alkyl halides is 4. The van der Waals surface area contributed by atoms with Gasteiger partial charge in [-0.2, -0.15) is 13.2 Å². The average molecular weight is 382 g/mol. The van der Waals surface area contributed by atoms with Crippen LogP contribution in [-0.4, -0.2) is 10.9 Å². The standard InChI is InChI=1S/C19H15F5N2O/c20-15-2-1-11-25-16(15)18(21)9-7-12(8-10-18)17(27)26-14-5-3-13(4-6-14)19(22,23)24/h1-7,11H,8-10H2,(H,26,27). The number of aromatic nitrogens is 1. The zero-order valence-corrected chi connectivity index (χ0v) is 14.0. The summed E-state index contributed by atoms with van der Waals surface area (Å²) in [7, 11) is 0. The number of pyridine rings is 1. The molecule has 1 aliphatic carbocycles. The van der Waals surface area contributed by atoms with Gasteiger partial charge in [0.05, 0.1) is 5.56 Å². The van der Waals surface area contributed by atoms with Crippen molar-refractivity contribution in [1.82, 2.24) is 4.98 Å². The van der Waals surface area contributed by atoms with Gasteiger partial charge in [0.25, 0.3) is 5.91 Å². The fourth-order valence-corrected chi connectivity index (χ4v) is 2.91. The molecule has 1 heterocycles. The molecular weight excluding hydrogens is 367 g/mol. The summed E-state index contributed by atoms with van der Waals surface area (Å²) in [5, 5.41) is 2.48. The maximum atomic E-state index is 15.0. The van der Waals surface area contributed by atoms with E-state index in [1.54, 1.807) is 0 Å². The van der Waals surface area contributed by atoms with Gasteiger partial charge in [0, 0.05) is 23.9 Å². The molecule has 0 aliphatic heterocycles. The highest BCUT2D eigenvalue weighted by Gasteiger charge is 2.38. The summed E-state index contributed by atoms with van der Waals surface area (Å²) in [6.45, 7) is 0. The van der Waals surface area contributed by atoms with Gasteiger partial charge in [-0.15, -0.1) is 0 Å². The summed E-state index contributed by atoms with van der Waals surface area (Å²) >= 11 is 0. The molecule has 0 saturated heterocycles. The van der Waals surface area contributed by atoms with E-state index in [1.807, 2.05) is 0 Å².